The minimum absolute atomic E-state index is 0.174. The molecule has 8 nitrogen and oxygen atoms in total. The zero-order valence-electron chi connectivity index (χ0n) is 18.9. The van der Waals surface area contributed by atoms with Crippen LogP contribution >= 0.6 is 0 Å². The van der Waals surface area contributed by atoms with Crippen molar-refractivity contribution in [2.75, 3.05) is 27.4 Å². The highest BCUT2D eigenvalue weighted by molar-refractivity contribution is 5.87. The lowest BCUT2D eigenvalue weighted by atomic mass is 10.1. The number of methoxy groups -OCH3 is 2. The van der Waals surface area contributed by atoms with E-state index in [-0.39, 0.29) is 13.2 Å². The average Bonchev–Trinajstić information content (AvgIpc) is 3.45. The molecule has 0 amide bonds. The lowest BCUT2D eigenvalue weighted by molar-refractivity contribution is -0.149. The topological polar surface area (TPSA) is 89.5 Å². The van der Waals surface area contributed by atoms with E-state index in [1.807, 2.05) is 24.3 Å². The van der Waals surface area contributed by atoms with Crippen LogP contribution in [0.4, 0.5) is 0 Å². The highest BCUT2D eigenvalue weighted by Crippen LogP contribution is 2.31. The summed E-state index contributed by atoms with van der Waals surface area (Å²) >= 11 is 0. The van der Waals surface area contributed by atoms with E-state index in [0.717, 1.165) is 22.6 Å². The summed E-state index contributed by atoms with van der Waals surface area (Å²) < 4.78 is 32.7. The third-order valence-corrected chi connectivity index (χ3v) is 5.55. The Bertz CT molecular complexity index is 956. The SMILES string of the molecule is COc1ccc(/C=C/C(=O)O[C@@H]2CO[C@H]3[C@@H]2OC[C@H]3OC(=O)/C=C/c2ccc(OC)cc2)cc1. The number of rotatable bonds is 8. The molecule has 0 unspecified atom stereocenters. The molecule has 2 heterocycles. The molecule has 0 bridgehead atoms. The summed E-state index contributed by atoms with van der Waals surface area (Å²) in [6, 6.07) is 14.6. The molecule has 4 atom stereocenters. The van der Waals surface area contributed by atoms with Crippen LogP contribution in [0.25, 0.3) is 12.2 Å². The largest absolute Gasteiger partial charge is 0.497 e. The van der Waals surface area contributed by atoms with E-state index in [0.29, 0.717) is 0 Å². The summed E-state index contributed by atoms with van der Waals surface area (Å²) in [6.07, 6.45) is 3.91. The standard InChI is InChI=1S/C26H26O8/c1-29-19-9-3-17(4-10-19)7-13-23(27)33-21-15-31-26-22(16-32-25(21)26)34-24(28)14-8-18-5-11-20(30-2)12-6-18/h3-14,21-22,25-26H,15-16H2,1-2H3/b13-7+,14-8+/t21-,22-,25-,26-/m1/s1. The van der Waals surface area contributed by atoms with E-state index in [9.17, 15) is 9.59 Å². The Labute approximate surface area is 197 Å². The van der Waals surface area contributed by atoms with Gasteiger partial charge in [0.05, 0.1) is 27.4 Å². The van der Waals surface area contributed by atoms with Gasteiger partial charge in [-0.15, -0.1) is 0 Å². The molecular weight excluding hydrogens is 440 g/mol. The Hall–Kier alpha value is -3.62. The van der Waals surface area contributed by atoms with Crippen molar-refractivity contribution in [1.82, 2.24) is 0 Å². The van der Waals surface area contributed by atoms with E-state index in [4.69, 9.17) is 28.4 Å². The Kier molecular flexibility index (Phi) is 7.61. The van der Waals surface area contributed by atoms with E-state index in [2.05, 4.69) is 0 Å². The van der Waals surface area contributed by atoms with Gasteiger partial charge in [-0.05, 0) is 47.5 Å². The van der Waals surface area contributed by atoms with E-state index >= 15 is 0 Å². The fourth-order valence-electron chi connectivity index (χ4n) is 3.77. The first kappa shape index (κ1) is 23.5. The number of hydrogen-bond donors (Lipinski definition) is 0. The van der Waals surface area contributed by atoms with E-state index < -0.39 is 36.4 Å². The smallest absolute Gasteiger partial charge is 0.331 e. The number of hydrogen-bond acceptors (Lipinski definition) is 8. The van der Waals surface area contributed by atoms with Crippen LogP contribution in [0.15, 0.2) is 60.7 Å². The second kappa shape index (κ2) is 11.0. The Balaban J connectivity index is 1.26. The van der Waals surface area contributed by atoms with Gasteiger partial charge in [0.1, 0.15) is 23.7 Å². The zero-order valence-corrected chi connectivity index (χ0v) is 18.9. The summed E-state index contributed by atoms with van der Waals surface area (Å²) in [6.45, 7) is 0.348. The van der Waals surface area contributed by atoms with Gasteiger partial charge < -0.3 is 28.4 Å². The summed E-state index contributed by atoms with van der Waals surface area (Å²) in [5.74, 6) is 0.463. The quantitative estimate of drug-likeness (QED) is 0.433. The molecule has 0 aromatic heterocycles. The van der Waals surface area contributed by atoms with Crippen molar-refractivity contribution < 1.29 is 38.0 Å². The van der Waals surface area contributed by atoms with Crippen molar-refractivity contribution in [2.45, 2.75) is 24.4 Å². The van der Waals surface area contributed by atoms with Crippen molar-refractivity contribution in [2.24, 2.45) is 0 Å². The van der Waals surface area contributed by atoms with Gasteiger partial charge in [0.25, 0.3) is 0 Å². The molecule has 0 saturated carbocycles. The lowest BCUT2D eigenvalue weighted by Gasteiger charge is -2.16. The van der Waals surface area contributed by atoms with Crippen LogP contribution < -0.4 is 9.47 Å². The highest BCUT2D eigenvalue weighted by atomic mass is 16.7. The molecule has 2 aromatic carbocycles. The fraction of sp³-hybridized carbons (Fsp3) is 0.308. The predicted molar refractivity (Wildman–Crippen MR) is 123 cm³/mol. The minimum Gasteiger partial charge on any atom is -0.497 e. The molecule has 2 fully saturated rings. The molecule has 0 aliphatic carbocycles. The van der Waals surface area contributed by atoms with Crippen molar-refractivity contribution in [3.05, 3.63) is 71.8 Å². The molecule has 34 heavy (non-hydrogen) atoms. The minimum atomic E-state index is -0.573. The number of esters is 2. The van der Waals surface area contributed by atoms with Crippen LogP contribution in [0.3, 0.4) is 0 Å². The first-order valence-corrected chi connectivity index (χ1v) is 10.8. The predicted octanol–water partition coefficient (Wildman–Crippen LogP) is 3.05. The zero-order chi connectivity index (χ0) is 23.9. The fourth-order valence-corrected chi connectivity index (χ4v) is 3.77. The highest BCUT2D eigenvalue weighted by Gasteiger charge is 2.50. The van der Waals surface area contributed by atoms with Crippen LogP contribution in [0, 0.1) is 0 Å². The van der Waals surface area contributed by atoms with Crippen LogP contribution in [-0.4, -0.2) is 63.8 Å². The number of carbonyl (C=O) groups is 2. The number of benzene rings is 2. The van der Waals surface area contributed by atoms with Crippen molar-refractivity contribution in [3.8, 4) is 11.5 Å². The van der Waals surface area contributed by atoms with E-state index in [1.54, 1.807) is 50.6 Å². The van der Waals surface area contributed by atoms with Crippen LogP contribution in [0.2, 0.25) is 0 Å². The Morgan fingerprint density at radius 1 is 0.706 bits per heavy atom. The van der Waals surface area contributed by atoms with Crippen LogP contribution in [-0.2, 0) is 28.5 Å². The van der Waals surface area contributed by atoms with Crippen molar-refractivity contribution in [3.63, 3.8) is 0 Å². The molecule has 2 aliphatic rings. The van der Waals surface area contributed by atoms with Gasteiger partial charge in [0.2, 0.25) is 0 Å². The second-order valence-corrected chi connectivity index (χ2v) is 7.76. The first-order chi connectivity index (χ1) is 16.6. The molecule has 0 radical (unpaired) electrons. The van der Waals surface area contributed by atoms with Gasteiger partial charge >= 0.3 is 11.9 Å². The number of ether oxygens (including phenoxy) is 6. The molecule has 178 valence electrons. The molecule has 4 rings (SSSR count). The molecule has 2 aliphatic heterocycles. The van der Waals surface area contributed by atoms with Gasteiger partial charge in [0, 0.05) is 12.2 Å². The van der Waals surface area contributed by atoms with E-state index in [1.165, 1.54) is 12.2 Å². The molecule has 0 N–H and O–H groups in total. The second-order valence-electron chi connectivity index (χ2n) is 7.76. The third kappa shape index (κ3) is 5.84. The van der Waals surface area contributed by atoms with Crippen LogP contribution in [0.5, 0.6) is 11.5 Å². The number of fused-ring (bicyclic) bond motifs is 1. The molecule has 2 aromatic rings. The monoisotopic (exact) mass is 466 g/mol. The van der Waals surface area contributed by atoms with Crippen molar-refractivity contribution in [1.29, 1.82) is 0 Å². The maximum Gasteiger partial charge on any atom is 0.331 e. The molecule has 8 heteroatoms. The molecule has 2 saturated heterocycles. The Morgan fingerprint density at radius 2 is 1.09 bits per heavy atom. The summed E-state index contributed by atoms with van der Waals surface area (Å²) in [4.78, 5) is 24.5. The molecule has 0 spiro atoms. The maximum atomic E-state index is 12.3. The average molecular weight is 466 g/mol. The maximum absolute atomic E-state index is 12.3. The van der Waals surface area contributed by atoms with Crippen molar-refractivity contribution >= 4 is 24.1 Å². The Morgan fingerprint density at radius 3 is 1.44 bits per heavy atom. The number of carbonyl (C=O) groups excluding carboxylic acids is 2. The summed E-state index contributed by atoms with van der Waals surface area (Å²) in [5, 5.41) is 0. The van der Waals surface area contributed by atoms with Gasteiger partial charge in [-0.2, -0.15) is 0 Å². The van der Waals surface area contributed by atoms with Gasteiger partial charge in [-0.1, -0.05) is 24.3 Å². The van der Waals surface area contributed by atoms with Gasteiger partial charge in [0.15, 0.2) is 12.2 Å². The summed E-state index contributed by atoms with van der Waals surface area (Å²) in [5.41, 5.74) is 1.68. The summed E-state index contributed by atoms with van der Waals surface area (Å²) in [7, 11) is 3.18. The van der Waals surface area contributed by atoms with Gasteiger partial charge in [-0.25, -0.2) is 9.59 Å². The normalized spacial score (nSPS) is 23.7. The van der Waals surface area contributed by atoms with Crippen LogP contribution in [0.1, 0.15) is 11.1 Å². The third-order valence-electron chi connectivity index (χ3n) is 5.55. The molecular formula is C26H26O8. The van der Waals surface area contributed by atoms with Gasteiger partial charge in [-0.3, -0.25) is 0 Å². The lowest BCUT2D eigenvalue weighted by Crippen LogP contribution is -2.35. The first-order valence-electron chi connectivity index (χ1n) is 10.8.